The van der Waals surface area contributed by atoms with Gasteiger partial charge in [-0.3, -0.25) is 14.4 Å². The Bertz CT molecular complexity index is 875. The molecule has 0 radical (unpaired) electrons. The Kier molecular flexibility index (Phi) is 7.57. The van der Waals surface area contributed by atoms with Gasteiger partial charge in [0, 0.05) is 19.0 Å². The normalized spacial score (nSPS) is 33.0. The molecule has 0 unspecified atom stereocenters. The quantitative estimate of drug-likeness (QED) is 0.592. The number of allylic oxidation sites excluding steroid dienone is 2. The summed E-state index contributed by atoms with van der Waals surface area (Å²) in [5.41, 5.74) is -1.34. The van der Waals surface area contributed by atoms with Gasteiger partial charge in [-0.05, 0) is 78.1 Å². The van der Waals surface area contributed by atoms with Crippen LogP contribution in [0.15, 0.2) is 12.2 Å². The second-order valence-corrected chi connectivity index (χ2v) is 11.8. The Balaban J connectivity index is 1.52. The van der Waals surface area contributed by atoms with Crippen molar-refractivity contribution in [2.75, 3.05) is 6.54 Å². The van der Waals surface area contributed by atoms with Gasteiger partial charge in [0.15, 0.2) is 5.78 Å². The average molecular weight is 488 g/mol. The van der Waals surface area contributed by atoms with E-state index in [1.807, 2.05) is 0 Å². The Labute approximate surface area is 208 Å². The molecular formula is C27H41N3O5. The molecule has 3 amide bonds. The molecule has 35 heavy (non-hydrogen) atoms. The van der Waals surface area contributed by atoms with Crippen molar-refractivity contribution in [3.8, 4) is 0 Å². The molecule has 8 heteroatoms. The molecule has 2 N–H and O–H groups in total. The Hall–Kier alpha value is -2.38. The fourth-order valence-corrected chi connectivity index (χ4v) is 5.44. The Morgan fingerprint density at radius 2 is 1.80 bits per heavy atom. The van der Waals surface area contributed by atoms with Gasteiger partial charge in [-0.15, -0.1) is 0 Å². The Morgan fingerprint density at radius 3 is 2.51 bits per heavy atom. The molecule has 0 aromatic rings. The maximum Gasteiger partial charge on any atom is 0.408 e. The number of fused-ring (bicyclic) bond motifs is 2. The fraction of sp³-hybridized carbons (Fsp3) is 0.778. The summed E-state index contributed by atoms with van der Waals surface area (Å²) in [5.74, 6) is -0.178. The maximum atomic E-state index is 13.6. The van der Waals surface area contributed by atoms with Crippen LogP contribution in [0.3, 0.4) is 0 Å². The van der Waals surface area contributed by atoms with Crippen molar-refractivity contribution < 1.29 is 23.9 Å². The number of nitrogens with one attached hydrogen (secondary N) is 2. The minimum absolute atomic E-state index is 0.00680. The third-order valence-corrected chi connectivity index (χ3v) is 7.62. The SMILES string of the molecule is CC(C)(C)OC(=O)N[C@H]1CCCCC/C=C\[C@@H]2C[C@@]2(C(=O)NC2CC2)CC(=O)[C@@H]2CCCN2C1=O. The van der Waals surface area contributed by atoms with Crippen LogP contribution in [0.4, 0.5) is 4.79 Å². The summed E-state index contributed by atoms with van der Waals surface area (Å²) >= 11 is 0. The van der Waals surface area contributed by atoms with Gasteiger partial charge in [0.05, 0.1) is 11.5 Å². The van der Waals surface area contributed by atoms with Crippen molar-refractivity contribution >= 4 is 23.7 Å². The number of hydrogen-bond acceptors (Lipinski definition) is 5. The number of alkyl carbamates (subject to hydrolysis) is 1. The van der Waals surface area contributed by atoms with Crippen LogP contribution in [-0.2, 0) is 19.1 Å². The molecule has 8 nitrogen and oxygen atoms in total. The number of ketones is 1. The highest BCUT2D eigenvalue weighted by molar-refractivity contribution is 5.97. The molecule has 4 aliphatic rings. The van der Waals surface area contributed by atoms with Crippen LogP contribution in [0.25, 0.3) is 0 Å². The van der Waals surface area contributed by atoms with E-state index in [-0.39, 0.29) is 36.0 Å². The lowest BCUT2D eigenvalue weighted by Crippen LogP contribution is -2.52. The summed E-state index contributed by atoms with van der Waals surface area (Å²) in [6, 6.07) is -1.01. The highest BCUT2D eigenvalue weighted by Gasteiger charge is 2.60. The van der Waals surface area contributed by atoms with Crippen LogP contribution in [-0.4, -0.2) is 58.9 Å². The van der Waals surface area contributed by atoms with E-state index in [0.29, 0.717) is 25.8 Å². The number of Topliss-reactive ketones (excluding diaryl/α,β-unsaturated/α-hetero) is 1. The smallest absolute Gasteiger partial charge is 0.408 e. The summed E-state index contributed by atoms with van der Waals surface area (Å²) in [6.07, 6.45) is 12.0. The number of nitrogens with zero attached hydrogens (tertiary/aromatic N) is 1. The van der Waals surface area contributed by atoms with Gasteiger partial charge in [-0.2, -0.15) is 0 Å². The average Bonchev–Trinajstić information content (AvgIpc) is 3.66. The third kappa shape index (κ3) is 6.44. The van der Waals surface area contributed by atoms with Gasteiger partial charge >= 0.3 is 6.09 Å². The predicted octanol–water partition coefficient (Wildman–Crippen LogP) is 3.64. The summed E-state index contributed by atoms with van der Waals surface area (Å²) in [4.78, 5) is 54.4. The van der Waals surface area contributed by atoms with E-state index >= 15 is 0 Å². The van der Waals surface area contributed by atoms with Crippen molar-refractivity contribution in [1.29, 1.82) is 0 Å². The molecule has 0 spiro atoms. The van der Waals surface area contributed by atoms with Crippen LogP contribution in [0.5, 0.6) is 0 Å². The summed E-state index contributed by atoms with van der Waals surface area (Å²) in [5, 5.41) is 5.89. The lowest BCUT2D eigenvalue weighted by Gasteiger charge is -2.30. The number of carbonyl (C=O) groups is 4. The maximum absolute atomic E-state index is 13.6. The second-order valence-electron chi connectivity index (χ2n) is 11.8. The van der Waals surface area contributed by atoms with Gasteiger partial charge in [-0.25, -0.2) is 4.79 Å². The standard InChI is InChI=1S/C27H41N3O5/c1-26(2,3)35-25(34)29-20-11-8-6-4-5-7-10-18-16-27(18,24(33)28-19-13-14-19)17-22(31)21-12-9-15-30(21)23(20)32/h7,10,18-21H,4-6,8-9,11-17H2,1-3H3,(H,28,33)(H,29,34)/b10-7-/t18-,20+,21+,27-/m1/s1. The van der Waals surface area contributed by atoms with Crippen molar-refractivity contribution in [1.82, 2.24) is 15.5 Å². The molecule has 0 bridgehead atoms. The van der Waals surface area contributed by atoms with E-state index in [9.17, 15) is 19.2 Å². The van der Waals surface area contributed by atoms with Crippen LogP contribution in [0, 0.1) is 11.3 Å². The summed E-state index contributed by atoms with van der Waals surface area (Å²) in [6.45, 7) is 5.85. The molecule has 2 aliphatic carbocycles. The molecule has 2 aliphatic heterocycles. The second kappa shape index (κ2) is 10.3. The van der Waals surface area contributed by atoms with Crippen molar-refractivity contribution in [3.63, 3.8) is 0 Å². The molecule has 3 fully saturated rings. The zero-order chi connectivity index (χ0) is 25.2. The zero-order valence-electron chi connectivity index (χ0n) is 21.4. The molecule has 2 saturated carbocycles. The molecule has 194 valence electrons. The van der Waals surface area contributed by atoms with E-state index in [0.717, 1.165) is 44.9 Å². The first-order valence-corrected chi connectivity index (χ1v) is 13.4. The number of rotatable bonds is 3. The Morgan fingerprint density at radius 1 is 1.03 bits per heavy atom. The van der Waals surface area contributed by atoms with Crippen LogP contribution < -0.4 is 10.6 Å². The molecule has 0 aromatic carbocycles. The van der Waals surface area contributed by atoms with Gasteiger partial charge in [-0.1, -0.05) is 25.0 Å². The molecule has 2 heterocycles. The zero-order valence-corrected chi connectivity index (χ0v) is 21.4. The predicted molar refractivity (Wildman–Crippen MR) is 131 cm³/mol. The number of carbonyl (C=O) groups excluding carboxylic acids is 4. The van der Waals surface area contributed by atoms with E-state index < -0.39 is 29.2 Å². The van der Waals surface area contributed by atoms with E-state index in [1.54, 1.807) is 25.7 Å². The van der Waals surface area contributed by atoms with E-state index in [1.165, 1.54) is 0 Å². The van der Waals surface area contributed by atoms with Crippen LogP contribution in [0.2, 0.25) is 0 Å². The van der Waals surface area contributed by atoms with Gasteiger partial charge in [0.2, 0.25) is 11.8 Å². The van der Waals surface area contributed by atoms with Crippen LogP contribution in [0.1, 0.15) is 91.4 Å². The monoisotopic (exact) mass is 487 g/mol. The van der Waals surface area contributed by atoms with Gasteiger partial charge in [0.1, 0.15) is 11.6 Å². The summed E-state index contributed by atoms with van der Waals surface area (Å²) in [7, 11) is 0. The molecule has 0 aromatic heterocycles. The number of amides is 3. The summed E-state index contributed by atoms with van der Waals surface area (Å²) < 4.78 is 5.40. The minimum atomic E-state index is -0.722. The highest BCUT2D eigenvalue weighted by atomic mass is 16.6. The lowest BCUT2D eigenvalue weighted by molar-refractivity contribution is -0.140. The number of ether oxygens (including phenoxy) is 1. The minimum Gasteiger partial charge on any atom is -0.444 e. The lowest BCUT2D eigenvalue weighted by atomic mass is 9.91. The fourth-order valence-electron chi connectivity index (χ4n) is 5.44. The van der Waals surface area contributed by atoms with Crippen molar-refractivity contribution in [3.05, 3.63) is 12.2 Å². The molecule has 1 saturated heterocycles. The molecular weight excluding hydrogens is 446 g/mol. The van der Waals surface area contributed by atoms with Crippen LogP contribution >= 0.6 is 0 Å². The number of hydrogen-bond donors (Lipinski definition) is 2. The van der Waals surface area contributed by atoms with Gasteiger partial charge in [0.25, 0.3) is 0 Å². The first-order chi connectivity index (χ1) is 16.6. The van der Waals surface area contributed by atoms with Crippen molar-refractivity contribution in [2.45, 2.75) is 115 Å². The molecule has 4 rings (SSSR count). The topological polar surface area (TPSA) is 105 Å². The van der Waals surface area contributed by atoms with E-state index in [2.05, 4.69) is 22.8 Å². The molecule has 4 atom stereocenters. The first kappa shape index (κ1) is 25.7. The largest absolute Gasteiger partial charge is 0.444 e. The third-order valence-electron chi connectivity index (χ3n) is 7.62. The first-order valence-electron chi connectivity index (χ1n) is 13.4. The highest BCUT2D eigenvalue weighted by Crippen LogP contribution is 2.57. The van der Waals surface area contributed by atoms with Gasteiger partial charge < -0.3 is 20.3 Å². The van der Waals surface area contributed by atoms with Crippen molar-refractivity contribution in [2.24, 2.45) is 11.3 Å². The van der Waals surface area contributed by atoms with E-state index in [4.69, 9.17) is 4.74 Å².